The van der Waals surface area contributed by atoms with E-state index in [0.29, 0.717) is 23.5 Å². The van der Waals surface area contributed by atoms with Gasteiger partial charge in [0, 0.05) is 0 Å². The lowest BCUT2D eigenvalue weighted by Gasteiger charge is -2.14. The van der Waals surface area contributed by atoms with Gasteiger partial charge in [0.15, 0.2) is 0 Å². The van der Waals surface area contributed by atoms with Crippen molar-refractivity contribution in [2.45, 2.75) is 13.5 Å². The molecular formula is C24H23O5P. The standard InChI is InChI=1S/C24H23O5P/c1-3-28-23(25)18-11-9-17(10-12-18)19-13-20(21(27-2)14-22(19)30)24(26)29-15-16-7-5-4-6-8-16/h4-14H,3,15,30H2,1-2H3. The number of carbonyl (C=O) groups excluding carboxylic acids is 2. The SMILES string of the molecule is CCOC(=O)c1ccc(-c2cc(C(=O)OCc3ccccc3)c(OC)cc2P)cc1. The molecule has 3 rings (SSSR count). The van der Waals surface area contributed by atoms with E-state index in [2.05, 4.69) is 9.24 Å². The third-order valence-corrected chi connectivity index (χ3v) is 4.99. The first-order valence-electron chi connectivity index (χ1n) is 9.49. The summed E-state index contributed by atoms with van der Waals surface area (Å²) in [5.41, 5.74) is 3.39. The molecule has 30 heavy (non-hydrogen) atoms. The van der Waals surface area contributed by atoms with Crippen LogP contribution in [0.4, 0.5) is 0 Å². The highest BCUT2D eigenvalue weighted by atomic mass is 31.0. The highest BCUT2D eigenvalue weighted by Gasteiger charge is 2.18. The molecule has 0 radical (unpaired) electrons. The maximum absolute atomic E-state index is 12.7. The Kier molecular flexibility index (Phi) is 7.21. The number of benzene rings is 3. The summed E-state index contributed by atoms with van der Waals surface area (Å²) < 4.78 is 15.9. The van der Waals surface area contributed by atoms with Crippen LogP contribution in [0, 0.1) is 0 Å². The minimum atomic E-state index is -0.468. The van der Waals surface area contributed by atoms with Crippen molar-refractivity contribution in [1.82, 2.24) is 0 Å². The number of rotatable bonds is 7. The fourth-order valence-electron chi connectivity index (χ4n) is 2.98. The van der Waals surface area contributed by atoms with Crippen LogP contribution in [-0.4, -0.2) is 25.7 Å². The van der Waals surface area contributed by atoms with E-state index in [1.807, 2.05) is 42.5 Å². The second-order valence-electron chi connectivity index (χ2n) is 6.50. The van der Waals surface area contributed by atoms with Crippen molar-refractivity contribution in [3.05, 3.63) is 83.4 Å². The lowest BCUT2D eigenvalue weighted by atomic mass is 10.0. The maximum Gasteiger partial charge on any atom is 0.342 e. The van der Waals surface area contributed by atoms with Crippen LogP contribution in [0.15, 0.2) is 66.7 Å². The first kappa shape index (κ1) is 21.5. The number of hydrogen-bond acceptors (Lipinski definition) is 5. The summed E-state index contributed by atoms with van der Waals surface area (Å²) in [6, 6.07) is 20.1. The normalized spacial score (nSPS) is 10.4. The molecule has 0 aliphatic rings. The molecule has 0 N–H and O–H groups in total. The highest BCUT2D eigenvalue weighted by molar-refractivity contribution is 7.28. The molecule has 0 aromatic heterocycles. The predicted octanol–water partition coefficient (Wildman–Crippen LogP) is 4.40. The van der Waals surface area contributed by atoms with E-state index in [4.69, 9.17) is 14.2 Å². The molecule has 1 unspecified atom stereocenters. The number of methoxy groups -OCH3 is 1. The van der Waals surface area contributed by atoms with Gasteiger partial charge in [-0.2, -0.15) is 0 Å². The average Bonchev–Trinajstić information content (AvgIpc) is 2.78. The zero-order valence-electron chi connectivity index (χ0n) is 16.9. The van der Waals surface area contributed by atoms with Gasteiger partial charge in [0.05, 0.1) is 19.3 Å². The topological polar surface area (TPSA) is 61.8 Å². The summed E-state index contributed by atoms with van der Waals surface area (Å²) in [5, 5.41) is 0.857. The third kappa shape index (κ3) is 5.05. The molecule has 0 aliphatic carbocycles. The molecule has 0 spiro atoms. The zero-order valence-corrected chi connectivity index (χ0v) is 18.0. The lowest BCUT2D eigenvalue weighted by molar-refractivity contribution is 0.0467. The molecule has 3 aromatic rings. The van der Waals surface area contributed by atoms with Crippen molar-refractivity contribution in [2.75, 3.05) is 13.7 Å². The molecule has 0 heterocycles. The largest absolute Gasteiger partial charge is 0.496 e. The second-order valence-corrected chi connectivity index (χ2v) is 7.12. The summed E-state index contributed by atoms with van der Waals surface area (Å²) in [6.45, 7) is 2.26. The summed E-state index contributed by atoms with van der Waals surface area (Å²) in [5.74, 6) is -0.398. The van der Waals surface area contributed by atoms with Crippen molar-refractivity contribution in [1.29, 1.82) is 0 Å². The second kappa shape index (κ2) is 10.0. The minimum absolute atomic E-state index is 0.176. The molecule has 0 bridgehead atoms. The van der Waals surface area contributed by atoms with Crippen molar-refractivity contribution < 1.29 is 23.8 Å². The number of carbonyl (C=O) groups is 2. The fraction of sp³-hybridized carbons (Fsp3) is 0.167. The summed E-state index contributed by atoms with van der Waals surface area (Å²) in [7, 11) is 4.16. The van der Waals surface area contributed by atoms with Gasteiger partial charge in [-0.1, -0.05) is 42.5 Å². The molecule has 0 aliphatic heterocycles. The van der Waals surface area contributed by atoms with Crippen molar-refractivity contribution in [3.8, 4) is 16.9 Å². The average molecular weight is 422 g/mol. The van der Waals surface area contributed by atoms with Crippen molar-refractivity contribution in [3.63, 3.8) is 0 Å². The van der Waals surface area contributed by atoms with Gasteiger partial charge in [-0.05, 0) is 53.2 Å². The monoisotopic (exact) mass is 422 g/mol. The number of esters is 2. The third-order valence-electron chi connectivity index (χ3n) is 4.51. The molecule has 1 atom stereocenters. The van der Waals surface area contributed by atoms with Gasteiger partial charge < -0.3 is 14.2 Å². The van der Waals surface area contributed by atoms with E-state index >= 15 is 0 Å². The Morgan fingerprint density at radius 2 is 1.60 bits per heavy atom. The van der Waals surface area contributed by atoms with Gasteiger partial charge in [0.1, 0.15) is 17.9 Å². The Morgan fingerprint density at radius 3 is 2.23 bits per heavy atom. The quantitative estimate of drug-likeness (QED) is 0.417. The summed E-state index contributed by atoms with van der Waals surface area (Å²) in [4.78, 5) is 24.6. The Labute approximate surface area is 178 Å². The van der Waals surface area contributed by atoms with E-state index < -0.39 is 5.97 Å². The molecule has 0 saturated carbocycles. The Bertz CT molecular complexity index is 1030. The first-order chi connectivity index (χ1) is 14.5. The van der Waals surface area contributed by atoms with Crippen molar-refractivity contribution in [2.24, 2.45) is 0 Å². The van der Waals surface area contributed by atoms with E-state index in [0.717, 1.165) is 22.0 Å². The van der Waals surface area contributed by atoms with Crippen LogP contribution in [0.2, 0.25) is 0 Å². The molecule has 3 aromatic carbocycles. The van der Waals surface area contributed by atoms with Gasteiger partial charge in [-0.25, -0.2) is 9.59 Å². The Morgan fingerprint density at radius 1 is 0.900 bits per heavy atom. The van der Waals surface area contributed by atoms with Crippen LogP contribution in [-0.2, 0) is 16.1 Å². The van der Waals surface area contributed by atoms with Crippen LogP contribution in [0.25, 0.3) is 11.1 Å². The van der Waals surface area contributed by atoms with Gasteiger partial charge in [-0.3, -0.25) is 0 Å². The fourth-order valence-corrected chi connectivity index (χ4v) is 3.38. The first-order valence-corrected chi connectivity index (χ1v) is 10.1. The van der Waals surface area contributed by atoms with E-state index in [9.17, 15) is 9.59 Å². The molecular weight excluding hydrogens is 399 g/mol. The van der Waals surface area contributed by atoms with Gasteiger partial charge in [0.2, 0.25) is 0 Å². The molecule has 0 amide bonds. The molecule has 0 saturated heterocycles. The summed E-state index contributed by atoms with van der Waals surface area (Å²) >= 11 is 0. The Balaban J connectivity index is 1.87. The lowest BCUT2D eigenvalue weighted by Crippen LogP contribution is -2.11. The minimum Gasteiger partial charge on any atom is -0.496 e. The zero-order chi connectivity index (χ0) is 21.5. The van der Waals surface area contributed by atoms with E-state index in [1.165, 1.54) is 7.11 Å². The van der Waals surface area contributed by atoms with Crippen LogP contribution >= 0.6 is 9.24 Å². The van der Waals surface area contributed by atoms with Crippen LogP contribution in [0.3, 0.4) is 0 Å². The highest BCUT2D eigenvalue weighted by Crippen LogP contribution is 2.28. The molecule has 5 nitrogen and oxygen atoms in total. The number of ether oxygens (including phenoxy) is 3. The molecule has 154 valence electrons. The number of hydrogen-bond donors (Lipinski definition) is 0. The van der Waals surface area contributed by atoms with Crippen LogP contribution in [0.1, 0.15) is 33.2 Å². The van der Waals surface area contributed by atoms with Crippen molar-refractivity contribution >= 4 is 26.5 Å². The maximum atomic E-state index is 12.7. The van der Waals surface area contributed by atoms with Crippen LogP contribution in [0.5, 0.6) is 5.75 Å². The Hall–Kier alpha value is -3.17. The van der Waals surface area contributed by atoms with E-state index in [1.54, 1.807) is 31.2 Å². The van der Waals surface area contributed by atoms with Gasteiger partial charge >= 0.3 is 11.9 Å². The predicted molar refractivity (Wildman–Crippen MR) is 119 cm³/mol. The van der Waals surface area contributed by atoms with E-state index in [-0.39, 0.29) is 12.6 Å². The molecule has 6 heteroatoms. The summed E-state index contributed by atoms with van der Waals surface area (Å²) in [6.07, 6.45) is 0. The molecule has 0 fully saturated rings. The smallest absolute Gasteiger partial charge is 0.342 e. The van der Waals surface area contributed by atoms with Gasteiger partial charge in [0.25, 0.3) is 0 Å². The van der Waals surface area contributed by atoms with Gasteiger partial charge in [-0.15, -0.1) is 9.24 Å². The van der Waals surface area contributed by atoms with Crippen LogP contribution < -0.4 is 10.0 Å².